The summed E-state index contributed by atoms with van der Waals surface area (Å²) in [5, 5.41) is 21.2. The van der Waals surface area contributed by atoms with E-state index in [1.165, 1.54) is 12.1 Å². The largest absolute Gasteiger partial charge is 0.457 e. The van der Waals surface area contributed by atoms with Crippen molar-refractivity contribution in [1.82, 2.24) is 9.78 Å². The van der Waals surface area contributed by atoms with Gasteiger partial charge in [0.15, 0.2) is 0 Å². The van der Waals surface area contributed by atoms with E-state index in [0.29, 0.717) is 47.2 Å². The number of aromatic nitrogens is 2. The predicted molar refractivity (Wildman–Crippen MR) is 157 cm³/mol. The summed E-state index contributed by atoms with van der Waals surface area (Å²) in [6, 6.07) is 32.1. The highest BCUT2D eigenvalue weighted by molar-refractivity contribution is 5.86. The van der Waals surface area contributed by atoms with Gasteiger partial charge in [0.1, 0.15) is 47.1 Å². The van der Waals surface area contributed by atoms with Gasteiger partial charge in [0.05, 0.1) is 6.04 Å². The van der Waals surface area contributed by atoms with Crippen LogP contribution in [0.5, 0.6) is 11.5 Å². The monoisotopic (exact) mass is 559 g/mol. The van der Waals surface area contributed by atoms with Gasteiger partial charge >= 0.3 is 6.09 Å². The Bertz CT molecular complexity index is 1750. The summed E-state index contributed by atoms with van der Waals surface area (Å²) in [7, 11) is 0. The normalized spacial score (nSPS) is 13.8. The minimum atomic E-state index is -0.553. The first-order valence-corrected chi connectivity index (χ1v) is 13.5. The van der Waals surface area contributed by atoms with Gasteiger partial charge in [-0.1, -0.05) is 48.5 Å². The molecule has 208 valence electrons. The summed E-state index contributed by atoms with van der Waals surface area (Å²) in [5.41, 5.74) is 4.08. The van der Waals surface area contributed by atoms with Gasteiger partial charge in [-0.3, -0.25) is 5.32 Å². The standard InChI is InChI=1S/C33H26FN5O3/c34-24-12-16-26(17-13-24)42-25-14-10-23(11-15-25)31-28(20-35)32-36-19-18-30(39(32)38-31)27-8-4-5-9-29(27)37-33(40)41-21-22-6-2-1-3-7-22/h1-17,30,36H,18-19,21H2,(H,37,40). The Morgan fingerprint density at radius 2 is 1.67 bits per heavy atom. The molecule has 42 heavy (non-hydrogen) atoms. The minimum absolute atomic E-state index is 0.161. The lowest BCUT2D eigenvalue weighted by molar-refractivity contribution is 0.155. The van der Waals surface area contributed by atoms with Gasteiger partial charge in [-0.2, -0.15) is 10.4 Å². The second-order valence-corrected chi connectivity index (χ2v) is 9.71. The number of nitrogens with one attached hydrogen (secondary N) is 2. The zero-order valence-corrected chi connectivity index (χ0v) is 22.5. The van der Waals surface area contributed by atoms with E-state index in [1.807, 2.05) is 71.4 Å². The molecule has 4 aromatic carbocycles. The third-order valence-corrected chi connectivity index (χ3v) is 6.97. The molecule has 0 saturated heterocycles. The van der Waals surface area contributed by atoms with Crippen LogP contribution in [0.25, 0.3) is 11.3 Å². The lowest BCUT2D eigenvalue weighted by Crippen LogP contribution is -2.26. The van der Waals surface area contributed by atoms with Gasteiger partial charge in [-0.25, -0.2) is 13.9 Å². The Morgan fingerprint density at radius 1 is 0.976 bits per heavy atom. The fourth-order valence-electron chi connectivity index (χ4n) is 4.96. The van der Waals surface area contributed by atoms with Crippen molar-refractivity contribution < 1.29 is 18.7 Å². The highest BCUT2D eigenvalue weighted by Crippen LogP contribution is 2.39. The number of amides is 1. The molecule has 0 radical (unpaired) electrons. The number of hydrogen-bond acceptors (Lipinski definition) is 6. The smallest absolute Gasteiger partial charge is 0.411 e. The minimum Gasteiger partial charge on any atom is -0.457 e. The van der Waals surface area contributed by atoms with Crippen LogP contribution in [0, 0.1) is 17.1 Å². The Hall–Kier alpha value is -5.62. The summed E-state index contributed by atoms with van der Waals surface area (Å²) < 4.78 is 26.3. The van der Waals surface area contributed by atoms with Crippen molar-refractivity contribution in [2.24, 2.45) is 0 Å². The van der Waals surface area contributed by atoms with Gasteiger partial charge in [0, 0.05) is 23.4 Å². The van der Waals surface area contributed by atoms with Crippen molar-refractivity contribution in [2.75, 3.05) is 17.2 Å². The van der Waals surface area contributed by atoms with E-state index in [4.69, 9.17) is 14.6 Å². The van der Waals surface area contributed by atoms with Crippen LogP contribution in [0.3, 0.4) is 0 Å². The SMILES string of the molecule is N#Cc1c(-c2ccc(Oc3ccc(F)cc3)cc2)nn2c1NCCC2c1ccccc1NC(=O)OCc1ccccc1. The molecule has 2 heterocycles. The number of para-hydroxylation sites is 1. The molecule has 9 heteroatoms. The maximum Gasteiger partial charge on any atom is 0.411 e. The van der Waals surface area contributed by atoms with Gasteiger partial charge in [0.25, 0.3) is 0 Å². The van der Waals surface area contributed by atoms with E-state index in [-0.39, 0.29) is 18.5 Å². The van der Waals surface area contributed by atoms with Crippen LogP contribution >= 0.6 is 0 Å². The zero-order valence-electron chi connectivity index (χ0n) is 22.5. The van der Waals surface area contributed by atoms with E-state index >= 15 is 0 Å². The first kappa shape index (κ1) is 26.6. The number of benzene rings is 4. The highest BCUT2D eigenvalue weighted by atomic mass is 19.1. The van der Waals surface area contributed by atoms with E-state index in [9.17, 15) is 14.4 Å². The summed E-state index contributed by atoms with van der Waals surface area (Å²) in [6.07, 6.45) is 0.142. The van der Waals surface area contributed by atoms with E-state index in [0.717, 1.165) is 16.7 Å². The molecule has 0 bridgehead atoms. The Morgan fingerprint density at radius 3 is 2.40 bits per heavy atom. The summed E-state index contributed by atoms with van der Waals surface area (Å²) in [5.74, 6) is 1.38. The highest BCUT2D eigenvalue weighted by Gasteiger charge is 2.30. The molecule has 1 amide bonds. The van der Waals surface area contributed by atoms with Crippen molar-refractivity contribution in [2.45, 2.75) is 19.1 Å². The number of nitriles is 1. The molecule has 0 spiro atoms. The second kappa shape index (κ2) is 11.9. The third kappa shape index (κ3) is 5.64. The fourth-order valence-corrected chi connectivity index (χ4v) is 4.96. The number of fused-ring (bicyclic) bond motifs is 1. The topological polar surface area (TPSA) is 101 Å². The van der Waals surface area contributed by atoms with Crippen LogP contribution in [0.2, 0.25) is 0 Å². The van der Waals surface area contributed by atoms with Crippen LogP contribution in [-0.4, -0.2) is 22.4 Å². The number of nitrogens with zero attached hydrogens (tertiary/aromatic N) is 3. The number of anilines is 2. The number of halogens is 1. The molecule has 1 aliphatic rings. The van der Waals surface area contributed by atoms with Crippen molar-refractivity contribution in [3.63, 3.8) is 0 Å². The molecule has 1 aromatic heterocycles. The Balaban J connectivity index is 1.24. The molecular formula is C33H26FN5O3. The molecule has 0 aliphatic carbocycles. The maximum atomic E-state index is 13.2. The lowest BCUT2D eigenvalue weighted by Gasteiger charge is -2.27. The van der Waals surface area contributed by atoms with E-state index in [1.54, 1.807) is 24.3 Å². The molecule has 5 aromatic rings. The Labute approximate surface area is 241 Å². The van der Waals surface area contributed by atoms with Crippen LogP contribution in [0.4, 0.5) is 20.7 Å². The zero-order chi connectivity index (χ0) is 28.9. The van der Waals surface area contributed by atoms with Gasteiger partial charge < -0.3 is 14.8 Å². The van der Waals surface area contributed by atoms with Crippen molar-refractivity contribution in [3.8, 4) is 28.8 Å². The third-order valence-electron chi connectivity index (χ3n) is 6.97. The van der Waals surface area contributed by atoms with E-state index < -0.39 is 6.09 Å². The fraction of sp³-hybridized carbons (Fsp3) is 0.121. The molecule has 1 aliphatic heterocycles. The molecule has 1 atom stereocenters. The van der Waals surface area contributed by atoms with Crippen LogP contribution in [0.1, 0.15) is 29.2 Å². The predicted octanol–water partition coefficient (Wildman–Crippen LogP) is 7.51. The summed E-state index contributed by atoms with van der Waals surface area (Å²) in [4.78, 5) is 12.7. The number of ether oxygens (including phenoxy) is 2. The molecule has 2 N–H and O–H groups in total. The molecule has 0 saturated carbocycles. The Kier molecular flexibility index (Phi) is 7.51. The quantitative estimate of drug-likeness (QED) is 0.214. The molecule has 8 nitrogen and oxygen atoms in total. The lowest BCUT2D eigenvalue weighted by atomic mass is 10.00. The number of hydrogen-bond donors (Lipinski definition) is 2. The van der Waals surface area contributed by atoms with Crippen molar-refractivity contribution in [3.05, 3.63) is 126 Å². The van der Waals surface area contributed by atoms with Gasteiger partial charge in [-0.15, -0.1) is 0 Å². The van der Waals surface area contributed by atoms with Crippen LogP contribution < -0.4 is 15.4 Å². The van der Waals surface area contributed by atoms with Crippen molar-refractivity contribution in [1.29, 1.82) is 5.26 Å². The van der Waals surface area contributed by atoms with Gasteiger partial charge in [0.2, 0.25) is 0 Å². The molecular weight excluding hydrogens is 533 g/mol. The van der Waals surface area contributed by atoms with Gasteiger partial charge in [-0.05, 0) is 66.6 Å². The average Bonchev–Trinajstić information content (AvgIpc) is 3.41. The summed E-state index contributed by atoms with van der Waals surface area (Å²) in [6.45, 7) is 0.788. The molecule has 1 unspecified atom stereocenters. The van der Waals surface area contributed by atoms with Crippen LogP contribution in [0.15, 0.2) is 103 Å². The molecule has 0 fully saturated rings. The first-order valence-electron chi connectivity index (χ1n) is 13.5. The second-order valence-electron chi connectivity index (χ2n) is 9.71. The first-order chi connectivity index (χ1) is 20.6. The van der Waals surface area contributed by atoms with Crippen LogP contribution in [-0.2, 0) is 11.3 Å². The molecule has 6 rings (SSSR count). The maximum absolute atomic E-state index is 13.2. The summed E-state index contributed by atoms with van der Waals surface area (Å²) >= 11 is 0. The number of carbonyl (C=O) groups excluding carboxylic acids is 1. The van der Waals surface area contributed by atoms with Crippen molar-refractivity contribution >= 4 is 17.6 Å². The number of carbonyl (C=O) groups is 1. The average molecular weight is 560 g/mol. The van der Waals surface area contributed by atoms with E-state index in [2.05, 4.69) is 16.7 Å². The number of rotatable bonds is 7.